The van der Waals surface area contributed by atoms with Crippen LogP contribution in [0.25, 0.3) is 11.3 Å². The fourth-order valence-electron chi connectivity index (χ4n) is 3.59. The molecule has 4 rings (SSSR count). The maximum atomic E-state index is 13.1. The van der Waals surface area contributed by atoms with Gasteiger partial charge in [0.15, 0.2) is 0 Å². The van der Waals surface area contributed by atoms with E-state index in [1.165, 1.54) is 6.07 Å². The Labute approximate surface area is 184 Å². The monoisotopic (exact) mass is 449 g/mol. The maximum Gasteiger partial charge on any atom is 0.416 e. The van der Waals surface area contributed by atoms with E-state index >= 15 is 0 Å². The summed E-state index contributed by atoms with van der Waals surface area (Å²) in [5, 5.41) is 0.215. The van der Waals surface area contributed by atoms with E-state index < -0.39 is 11.7 Å². The van der Waals surface area contributed by atoms with Crippen LogP contribution in [0.5, 0.6) is 0 Å². The number of fused-ring (bicyclic) bond motifs is 1. The molecular weight excluding hydrogens is 427 g/mol. The zero-order valence-corrected chi connectivity index (χ0v) is 18.3. The van der Waals surface area contributed by atoms with E-state index in [1.54, 1.807) is 12.1 Å². The van der Waals surface area contributed by atoms with E-state index in [-0.39, 0.29) is 16.0 Å². The Hall–Kier alpha value is -2.38. The van der Waals surface area contributed by atoms with Crippen LogP contribution in [0, 0.1) is 0 Å². The molecule has 0 N–H and O–H groups in total. The zero-order chi connectivity index (χ0) is 22.4. The number of aromatic nitrogens is 2. The van der Waals surface area contributed by atoms with Crippen LogP contribution in [0.3, 0.4) is 0 Å². The van der Waals surface area contributed by atoms with Gasteiger partial charge >= 0.3 is 6.18 Å². The van der Waals surface area contributed by atoms with E-state index in [0.717, 1.165) is 42.2 Å². The summed E-state index contributed by atoms with van der Waals surface area (Å²) in [7, 11) is 0. The van der Waals surface area contributed by atoms with Gasteiger partial charge in [0, 0.05) is 47.9 Å². The van der Waals surface area contributed by atoms with Crippen molar-refractivity contribution in [2.75, 3.05) is 6.54 Å². The van der Waals surface area contributed by atoms with Crippen molar-refractivity contribution < 1.29 is 17.6 Å². The molecule has 3 aromatic rings. The molecule has 3 heterocycles. The standard InChI is InChI=1S/C23H23ClF3N3O/c1-22(2,3)21-28-11-14-12-30(9-8-19(14)29-21)13-16-5-7-20(31-16)17-10-15(23(25,26)27)4-6-18(17)24/h4-7,10-11H,8-9,12-13H2,1-3H3. The Morgan fingerprint density at radius 3 is 2.61 bits per heavy atom. The van der Waals surface area contributed by atoms with Crippen LogP contribution in [-0.4, -0.2) is 21.4 Å². The van der Waals surface area contributed by atoms with Gasteiger partial charge in [-0.15, -0.1) is 0 Å². The summed E-state index contributed by atoms with van der Waals surface area (Å²) in [5.41, 5.74) is 1.54. The van der Waals surface area contributed by atoms with Crippen molar-refractivity contribution in [3.63, 3.8) is 0 Å². The average molecular weight is 450 g/mol. The Bertz CT molecular complexity index is 1100. The molecule has 0 unspecified atom stereocenters. The van der Waals surface area contributed by atoms with Gasteiger partial charge < -0.3 is 4.42 Å². The van der Waals surface area contributed by atoms with E-state index in [4.69, 9.17) is 21.0 Å². The summed E-state index contributed by atoms with van der Waals surface area (Å²) in [4.78, 5) is 11.5. The van der Waals surface area contributed by atoms with Crippen LogP contribution >= 0.6 is 11.6 Å². The van der Waals surface area contributed by atoms with Crippen molar-refractivity contribution in [1.82, 2.24) is 14.9 Å². The van der Waals surface area contributed by atoms with Gasteiger partial charge in [-0.25, -0.2) is 9.97 Å². The smallest absolute Gasteiger partial charge is 0.416 e. The normalized spacial score (nSPS) is 15.2. The van der Waals surface area contributed by atoms with Crippen LogP contribution in [0.4, 0.5) is 13.2 Å². The highest BCUT2D eigenvalue weighted by atomic mass is 35.5. The molecule has 0 atom stereocenters. The average Bonchev–Trinajstić information content (AvgIpc) is 3.14. The van der Waals surface area contributed by atoms with Gasteiger partial charge in [-0.1, -0.05) is 32.4 Å². The SMILES string of the molecule is CC(C)(C)c1ncc2c(n1)CCN(Cc1ccc(-c3cc(C(F)(F)F)ccc3Cl)o1)C2. The number of furan rings is 1. The van der Waals surface area contributed by atoms with Crippen molar-refractivity contribution >= 4 is 11.6 Å². The number of hydrogen-bond donors (Lipinski definition) is 0. The molecule has 1 aliphatic heterocycles. The minimum atomic E-state index is -4.44. The lowest BCUT2D eigenvalue weighted by Crippen LogP contribution is -2.31. The minimum Gasteiger partial charge on any atom is -0.460 e. The van der Waals surface area contributed by atoms with Crippen LogP contribution < -0.4 is 0 Å². The number of nitrogens with zero attached hydrogens (tertiary/aromatic N) is 3. The van der Waals surface area contributed by atoms with Crippen molar-refractivity contribution in [1.29, 1.82) is 0 Å². The largest absolute Gasteiger partial charge is 0.460 e. The molecule has 1 aliphatic rings. The van der Waals surface area contributed by atoms with E-state index in [9.17, 15) is 13.2 Å². The fourth-order valence-corrected chi connectivity index (χ4v) is 3.80. The Balaban J connectivity index is 1.49. The van der Waals surface area contributed by atoms with Crippen LogP contribution in [-0.2, 0) is 31.1 Å². The van der Waals surface area contributed by atoms with Crippen molar-refractivity contribution in [3.05, 3.63) is 70.0 Å². The molecule has 2 aromatic heterocycles. The van der Waals surface area contributed by atoms with Crippen LogP contribution in [0.1, 0.15) is 49.2 Å². The summed E-state index contributed by atoms with van der Waals surface area (Å²) >= 11 is 6.13. The predicted octanol–water partition coefficient (Wildman–Crippen LogP) is 6.26. The Kier molecular flexibility index (Phi) is 5.60. The number of hydrogen-bond acceptors (Lipinski definition) is 4. The van der Waals surface area contributed by atoms with Gasteiger partial charge in [0.2, 0.25) is 0 Å². The molecule has 0 bridgehead atoms. The van der Waals surface area contributed by atoms with Crippen LogP contribution in [0.2, 0.25) is 5.02 Å². The summed E-state index contributed by atoms with van der Waals surface area (Å²) in [6.45, 7) is 8.32. The molecule has 31 heavy (non-hydrogen) atoms. The fraction of sp³-hybridized carbons (Fsp3) is 0.391. The van der Waals surface area contributed by atoms with Crippen LogP contribution in [0.15, 0.2) is 40.9 Å². The van der Waals surface area contributed by atoms with Gasteiger partial charge in [-0.05, 0) is 30.3 Å². The highest BCUT2D eigenvalue weighted by Crippen LogP contribution is 2.36. The molecule has 0 saturated heterocycles. The molecule has 0 aliphatic carbocycles. The molecule has 0 fully saturated rings. The third-order valence-corrected chi connectivity index (χ3v) is 5.61. The van der Waals surface area contributed by atoms with Crippen molar-refractivity contribution in [2.45, 2.75) is 51.9 Å². The van der Waals surface area contributed by atoms with Crippen molar-refractivity contribution in [2.24, 2.45) is 0 Å². The first-order chi connectivity index (χ1) is 14.5. The highest BCUT2D eigenvalue weighted by Gasteiger charge is 2.31. The number of halogens is 4. The summed E-state index contributed by atoms with van der Waals surface area (Å²) < 4.78 is 45.0. The lowest BCUT2D eigenvalue weighted by Gasteiger charge is -2.28. The van der Waals surface area contributed by atoms with Crippen molar-refractivity contribution in [3.8, 4) is 11.3 Å². The number of benzene rings is 1. The molecule has 0 spiro atoms. The first-order valence-corrected chi connectivity index (χ1v) is 10.4. The molecule has 8 heteroatoms. The van der Waals surface area contributed by atoms with E-state index in [2.05, 4.69) is 30.7 Å². The second-order valence-corrected chi connectivity index (χ2v) is 9.24. The molecule has 0 radical (unpaired) electrons. The van der Waals surface area contributed by atoms with E-state index in [1.807, 2.05) is 6.20 Å². The molecule has 0 saturated carbocycles. The number of alkyl halides is 3. The topological polar surface area (TPSA) is 42.2 Å². The molecule has 0 amide bonds. The summed E-state index contributed by atoms with van der Waals surface area (Å²) in [5.74, 6) is 1.83. The maximum absolute atomic E-state index is 13.1. The Morgan fingerprint density at radius 2 is 1.90 bits per heavy atom. The molecular formula is C23H23ClF3N3O. The third-order valence-electron chi connectivity index (χ3n) is 5.28. The summed E-state index contributed by atoms with van der Waals surface area (Å²) in [6, 6.07) is 6.67. The molecule has 4 nitrogen and oxygen atoms in total. The Morgan fingerprint density at radius 1 is 1.13 bits per heavy atom. The highest BCUT2D eigenvalue weighted by molar-refractivity contribution is 6.33. The minimum absolute atomic E-state index is 0.0958. The van der Waals surface area contributed by atoms with Gasteiger partial charge in [0.05, 0.1) is 17.1 Å². The first-order valence-electron chi connectivity index (χ1n) is 10.0. The second kappa shape index (κ2) is 7.95. The lowest BCUT2D eigenvalue weighted by atomic mass is 9.95. The van der Waals surface area contributed by atoms with Gasteiger partial charge in [0.25, 0.3) is 0 Å². The lowest BCUT2D eigenvalue weighted by molar-refractivity contribution is -0.137. The van der Waals surface area contributed by atoms with Gasteiger partial charge in [-0.2, -0.15) is 13.2 Å². The van der Waals surface area contributed by atoms with Gasteiger partial charge in [0.1, 0.15) is 17.3 Å². The quantitative estimate of drug-likeness (QED) is 0.473. The first kappa shape index (κ1) is 21.8. The number of rotatable bonds is 3. The zero-order valence-electron chi connectivity index (χ0n) is 17.6. The molecule has 1 aromatic carbocycles. The van der Waals surface area contributed by atoms with E-state index in [0.29, 0.717) is 24.6 Å². The summed E-state index contributed by atoms with van der Waals surface area (Å²) in [6.07, 6.45) is -1.73. The molecule has 164 valence electrons. The second-order valence-electron chi connectivity index (χ2n) is 8.83. The third kappa shape index (κ3) is 4.77. The van der Waals surface area contributed by atoms with Gasteiger partial charge in [-0.3, -0.25) is 4.90 Å². The predicted molar refractivity (Wildman–Crippen MR) is 113 cm³/mol.